The number of rotatable bonds is 9. The second-order valence-corrected chi connectivity index (χ2v) is 9.96. The Morgan fingerprint density at radius 2 is 1.69 bits per heavy atom. The van der Waals surface area contributed by atoms with Crippen LogP contribution in [0.1, 0.15) is 29.5 Å². The van der Waals surface area contributed by atoms with Crippen molar-refractivity contribution in [2.45, 2.75) is 26.2 Å². The highest BCUT2D eigenvalue weighted by molar-refractivity contribution is 7.92. The Balaban J connectivity index is 1.53. The average molecular weight is 472 g/mol. The molecule has 3 aromatic rings. The van der Waals surface area contributed by atoms with E-state index in [-0.39, 0.29) is 18.9 Å². The predicted octanol–water partition coefficient (Wildman–Crippen LogP) is 4.82. The highest BCUT2D eigenvalue weighted by Crippen LogP contribution is 2.25. The van der Waals surface area contributed by atoms with Gasteiger partial charge in [0.25, 0.3) is 0 Å². The van der Waals surface area contributed by atoms with Crippen molar-refractivity contribution in [2.24, 2.45) is 0 Å². The van der Waals surface area contributed by atoms with Crippen molar-refractivity contribution in [2.75, 3.05) is 22.4 Å². The first kappa shape index (κ1) is 23.8. The lowest BCUT2D eigenvalue weighted by molar-refractivity contribution is -0.116. The fourth-order valence-corrected chi connectivity index (χ4v) is 4.40. The molecule has 1 aromatic heterocycles. The number of nitrogens with one attached hydrogen (secondary N) is 1. The summed E-state index contributed by atoms with van der Waals surface area (Å²) in [6.07, 6.45) is 6.05. The second-order valence-electron chi connectivity index (χ2n) is 7.65. The molecule has 0 saturated heterocycles. The molecule has 0 radical (unpaired) electrons. The SMILES string of the molecule is Cc1ccc(N(CCCC(=O)Nc2ccc(Cc3ccncc3)cc2)S(C)(=O)=O)cc1Cl. The third-order valence-electron chi connectivity index (χ3n) is 5.00. The van der Waals surface area contributed by atoms with Crippen LogP contribution >= 0.6 is 11.6 Å². The molecule has 8 heteroatoms. The van der Waals surface area contributed by atoms with Gasteiger partial charge in [0.2, 0.25) is 15.9 Å². The summed E-state index contributed by atoms with van der Waals surface area (Å²) in [4.78, 5) is 16.4. The number of hydrogen-bond acceptors (Lipinski definition) is 4. The van der Waals surface area contributed by atoms with Gasteiger partial charge in [-0.2, -0.15) is 0 Å². The third-order valence-corrected chi connectivity index (χ3v) is 6.61. The van der Waals surface area contributed by atoms with E-state index in [2.05, 4.69) is 10.3 Å². The first-order chi connectivity index (χ1) is 15.2. The van der Waals surface area contributed by atoms with Crippen LogP contribution in [-0.4, -0.2) is 32.1 Å². The van der Waals surface area contributed by atoms with Gasteiger partial charge in [0.05, 0.1) is 11.9 Å². The summed E-state index contributed by atoms with van der Waals surface area (Å²) < 4.78 is 25.8. The minimum absolute atomic E-state index is 0.165. The van der Waals surface area contributed by atoms with Gasteiger partial charge in [-0.15, -0.1) is 0 Å². The lowest BCUT2D eigenvalue weighted by Crippen LogP contribution is -2.31. The first-order valence-electron chi connectivity index (χ1n) is 10.2. The van der Waals surface area contributed by atoms with Crippen molar-refractivity contribution < 1.29 is 13.2 Å². The van der Waals surface area contributed by atoms with Crippen LogP contribution in [0.5, 0.6) is 0 Å². The van der Waals surface area contributed by atoms with Crippen LogP contribution in [0.4, 0.5) is 11.4 Å². The van der Waals surface area contributed by atoms with Crippen LogP contribution in [0.15, 0.2) is 67.0 Å². The normalized spacial score (nSPS) is 11.2. The lowest BCUT2D eigenvalue weighted by Gasteiger charge is -2.23. The number of aryl methyl sites for hydroxylation is 1. The van der Waals surface area contributed by atoms with Gasteiger partial charge in [0.15, 0.2) is 0 Å². The molecule has 32 heavy (non-hydrogen) atoms. The van der Waals surface area contributed by atoms with Gasteiger partial charge >= 0.3 is 0 Å². The molecule has 0 atom stereocenters. The summed E-state index contributed by atoms with van der Waals surface area (Å²) in [6, 6.07) is 16.8. The molecule has 0 fully saturated rings. The highest BCUT2D eigenvalue weighted by Gasteiger charge is 2.18. The number of carbonyl (C=O) groups excluding carboxylic acids is 1. The third kappa shape index (κ3) is 6.80. The van der Waals surface area contributed by atoms with E-state index in [1.807, 2.05) is 43.3 Å². The van der Waals surface area contributed by atoms with Crippen LogP contribution in [0.25, 0.3) is 0 Å². The van der Waals surface area contributed by atoms with Gasteiger partial charge < -0.3 is 5.32 Å². The molecule has 0 aliphatic carbocycles. The van der Waals surface area contributed by atoms with Crippen LogP contribution < -0.4 is 9.62 Å². The predicted molar refractivity (Wildman–Crippen MR) is 130 cm³/mol. The van der Waals surface area contributed by atoms with Gasteiger partial charge in [0.1, 0.15) is 0 Å². The molecule has 0 unspecified atom stereocenters. The fourth-order valence-electron chi connectivity index (χ4n) is 3.27. The summed E-state index contributed by atoms with van der Waals surface area (Å²) in [7, 11) is -3.50. The molecule has 0 aliphatic rings. The van der Waals surface area contributed by atoms with Crippen LogP contribution in [0.2, 0.25) is 5.02 Å². The molecule has 0 spiro atoms. The van der Waals surface area contributed by atoms with Crippen molar-refractivity contribution in [3.05, 3.63) is 88.7 Å². The molecule has 6 nitrogen and oxygen atoms in total. The molecular formula is C24H26ClN3O3S. The van der Waals surface area contributed by atoms with Gasteiger partial charge in [-0.1, -0.05) is 29.8 Å². The molecule has 1 heterocycles. The van der Waals surface area contributed by atoms with E-state index in [0.717, 1.165) is 23.8 Å². The highest BCUT2D eigenvalue weighted by atomic mass is 35.5. The number of aromatic nitrogens is 1. The standard InChI is InChI=1S/C24H26ClN3O3S/c1-18-5-10-22(17-23(18)25)28(32(2,30)31)15-3-4-24(29)27-21-8-6-19(7-9-21)16-20-11-13-26-14-12-20/h5-14,17H,3-4,15-16H2,1-2H3,(H,27,29). The fraction of sp³-hybridized carbons (Fsp3) is 0.250. The Morgan fingerprint density at radius 3 is 2.31 bits per heavy atom. The van der Waals surface area contributed by atoms with Crippen LogP contribution in [0.3, 0.4) is 0 Å². The number of amides is 1. The number of sulfonamides is 1. The van der Waals surface area contributed by atoms with Gasteiger partial charge in [-0.25, -0.2) is 8.42 Å². The van der Waals surface area contributed by atoms with E-state index in [1.165, 1.54) is 9.87 Å². The van der Waals surface area contributed by atoms with Gasteiger partial charge in [-0.05, 0) is 72.9 Å². The zero-order chi connectivity index (χ0) is 23.1. The van der Waals surface area contributed by atoms with Gasteiger partial charge in [-0.3, -0.25) is 14.1 Å². The molecule has 168 valence electrons. The number of pyridine rings is 1. The molecule has 2 aromatic carbocycles. The Labute approximate surface area is 194 Å². The number of hydrogen-bond donors (Lipinski definition) is 1. The topological polar surface area (TPSA) is 79.4 Å². The van der Waals surface area contributed by atoms with E-state index in [9.17, 15) is 13.2 Å². The van der Waals surface area contributed by atoms with Crippen molar-refractivity contribution in [3.63, 3.8) is 0 Å². The largest absolute Gasteiger partial charge is 0.326 e. The maximum Gasteiger partial charge on any atom is 0.232 e. The smallest absolute Gasteiger partial charge is 0.232 e. The molecule has 0 bridgehead atoms. The Bertz CT molecular complexity index is 1170. The molecular weight excluding hydrogens is 446 g/mol. The van der Waals surface area contributed by atoms with E-state index in [0.29, 0.717) is 22.8 Å². The molecule has 1 N–H and O–H groups in total. The zero-order valence-corrected chi connectivity index (χ0v) is 19.7. The molecule has 1 amide bonds. The van der Waals surface area contributed by atoms with Gasteiger partial charge in [0, 0.05) is 36.1 Å². The van der Waals surface area contributed by atoms with E-state index >= 15 is 0 Å². The number of carbonyl (C=O) groups is 1. The summed E-state index contributed by atoms with van der Waals surface area (Å²) in [5.41, 5.74) is 4.37. The number of benzene rings is 2. The summed E-state index contributed by atoms with van der Waals surface area (Å²) >= 11 is 6.15. The molecule has 0 aliphatic heterocycles. The summed E-state index contributed by atoms with van der Waals surface area (Å²) in [6.45, 7) is 2.05. The second kappa shape index (κ2) is 10.6. The van der Waals surface area contributed by atoms with Crippen LogP contribution in [-0.2, 0) is 21.2 Å². The molecule has 3 rings (SSSR count). The van der Waals surface area contributed by atoms with Crippen molar-refractivity contribution >= 4 is 38.9 Å². The van der Waals surface area contributed by atoms with Crippen molar-refractivity contribution in [3.8, 4) is 0 Å². The maximum absolute atomic E-state index is 12.3. The van der Waals surface area contributed by atoms with E-state index in [1.54, 1.807) is 30.6 Å². The Morgan fingerprint density at radius 1 is 1.03 bits per heavy atom. The minimum atomic E-state index is -3.50. The number of nitrogens with zero attached hydrogens (tertiary/aromatic N) is 2. The maximum atomic E-state index is 12.3. The number of anilines is 2. The molecule has 0 saturated carbocycles. The first-order valence-corrected chi connectivity index (χ1v) is 12.5. The quantitative estimate of drug-likeness (QED) is 0.485. The summed E-state index contributed by atoms with van der Waals surface area (Å²) in [5.74, 6) is -0.165. The summed E-state index contributed by atoms with van der Waals surface area (Å²) in [5, 5.41) is 3.36. The minimum Gasteiger partial charge on any atom is -0.326 e. The lowest BCUT2D eigenvalue weighted by atomic mass is 10.1. The monoisotopic (exact) mass is 471 g/mol. The van der Waals surface area contributed by atoms with E-state index in [4.69, 9.17) is 11.6 Å². The average Bonchev–Trinajstić information content (AvgIpc) is 2.75. The van der Waals surface area contributed by atoms with Crippen molar-refractivity contribution in [1.29, 1.82) is 0 Å². The zero-order valence-electron chi connectivity index (χ0n) is 18.1. The van der Waals surface area contributed by atoms with E-state index < -0.39 is 10.0 Å². The van der Waals surface area contributed by atoms with Crippen LogP contribution in [0, 0.1) is 6.92 Å². The number of halogens is 1. The Kier molecular flexibility index (Phi) is 7.88. The van der Waals surface area contributed by atoms with Crippen molar-refractivity contribution in [1.82, 2.24) is 4.98 Å². The Hall–Kier alpha value is -2.90.